The summed E-state index contributed by atoms with van der Waals surface area (Å²) in [5, 5.41) is 0. The lowest BCUT2D eigenvalue weighted by molar-refractivity contribution is 0.381. The number of nitrogens with one attached hydrogen (secondary N) is 1. The van der Waals surface area contributed by atoms with Crippen LogP contribution in [0.5, 0.6) is 0 Å². The molecule has 0 aliphatic rings. The fourth-order valence-electron chi connectivity index (χ4n) is 1.76. The van der Waals surface area contributed by atoms with E-state index in [4.69, 9.17) is 23.3 Å². The van der Waals surface area contributed by atoms with Crippen LogP contribution in [-0.2, 0) is 20.4 Å². The number of hydrogen-bond acceptors (Lipinski definition) is 6. The Morgan fingerprint density at radius 2 is 1.71 bits per heavy atom. The summed E-state index contributed by atoms with van der Waals surface area (Å²) in [6.45, 7) is 7.50. The molecule has 0 aliphatic heterocycles. The molecule has 0 spiro atoms. The van der Waals surface area contributed by atoms with Crippen LogP contribution in [0.25, 0.3) is 0 Å². The minimum absolute atomic E-state index is 0.111. The SMILES string of the molecule is CCN(CCNS(=O)(=O)CC)c1ccc(N)c(C)c1.O=S(=O)(O)O. The van der Waals surface area contributed by atoms with Crippen molar-refractivity contribution in [3.63, 3.8) is 0 Å². The zero-order valence-electron chi connectivity index (χ0n) is 13.9. The zero-order chi connectivity index (χ0) is 19.0. The molecular formula is C13H25N3O6S2. The minimum atomic E-state index is -4.67. The van der Waals surface area contributed by atoms with Gasteiger partial charge in [0.2, 0.25) is 10.0 Å². The molecule has 0 atom stereocenters. The second kappa shape index (κ2) is 9.79. The summed E-state index contributed by atoms with van der Waals surface area (Å²) in [6.07, 6.45) is 0. The van der Waals surface area contributed by atoms with Crippen molar-refractivity contribution in [1.29, 1.82) is 0 Å². The highest BCUT2D eigenvalue weighted by Gasteiger charge is 2.09. The van der Waals surface area contributed by atoms with E-state index in [9.17, 15) is 8.42 Å². The molecule has 5 N–H and O–H groups in total. The van der Waals surface area contributed by atoms with Crippen molar-refractivity contribution in [1.82, 2.24) is 4.72 Å². The molecule has 0 amide bonds. The summed E-state index contributed by atoms with van der Waals surface area (Å²) in [5.74, 6) is 0.111. The lowest BCUT2D eigenvalue weighted by atomic mass is 10.1. The normalized spacial score (nSPS) is 11.5. The number of likely N-dealkylation sites (N-methyl/N-ethyl adjacent to an activating group) is 1. The molecule has 24 heavy (non-hydrogen) atoms. The van der Waals surface area contributed by atoms with Crippen LogP contribution in [-0.4, -0.2) is 51.3 Å². The van der Waals surface area contributed by atoms with Gasteiger partial charge < -0.3 is 10.6 Å². The fourth-order valence-corrected chi connectivity index (χ4v) is 2.37. The average molecular weight is 383 g/mol. The van der Waals surface area contributed by atoms with Gasteiger partial charge in [-0.15, -0.1) is 0 Å². The van der Waals surface area contributed by atoms with E-state index in [1.165, 1.54) is 0 Å². The zero-order valence-corrected chi connectivity index (χ0v) is 15.6. The van der Waals surface area contributed by atoms with Crippen molar-refractivity contribution < 1.29 is 25.9 Å². The number of nitrogens with zero attached hydrogens (tertiary/aromatic N) is 1. The van der Waals surface area contributed by atoms with Crippen LogP contribution in [0.3, 0.4) is 0 Å². The molecule has 0 radical (unpaired) electrons. The Labute approximate surface area is 143 Å². The molecule has 140 valence electrons. The van der Waals surface area contributed by atoms with Gasteiger partial charge in [-0.25, -0.2) is 13.1 Å². The third-order valence-corrected chi connectivity index (χ3v) is 4.49. The first kappa shape index (κ1) is 22.6. The second-order valence-corrected chi connectivity index (χ2v) is 7.86. The molecule has 0 aromatic heterocycles. The summed E-state index contributed by atoms with van der Waals surface area (Å²) >= 11 is 0. The Balaban J connectivity index is 0.000000922. The molecule has 0 unspecified atom stereocenters. The second-order valence-electron chi connectivity index (χ2n) is 4.87. The Bertz CT molecular complexity index is 711. The van der Waals surface area contributed by atoms with Gasteiger partial charge in [0.05, 0.1) is 5.75 Å². The maximum Gasteiger partial charge on any atom is 0.394 e. The molecule has 1 aromatic rings. The molecule has 1 rings (SSSR count). The topological polar surface area (TPSA) is 150 Å². The predicted molar refractivity (Wildman–Crippen MR) is 95.1 cm³/mol. The Morgan fingerprint density at radius 3 is 2.12 bits per heavy atom. The highest BCUT2D eigenvalue weighted by molar-refractivity contribution is 7.89. The number of nitrogen functional groups attached to an aromatic ring is 1. The Hall–Kier alpha value is -1.40. The number of aryl methyl sites for hydroxylation is 1. The van der Waals surface area contributed by atoms with Crippen molar-refractivity contribution >= 4 is 31.8 Å². The van der Waals surface area contributed by atoms with Crippen LogP contribution >= 0.6 is 0 Å². The van der Waals surface area contributed by atoms with Gasteiger partial charge in [0.25, 0.3) is 0 Å². The lowest BCUT2D eigenvalue weighted by Gasteiger charge is -2.24. The molecular weight excluding hydrogens is 358 g/mol. The van der Waals surface area contributed by atoms with Crippen molar-refractivity contribution in [2.45, 2.75) is 20.8 Å². The highest BCUT2D eigenvalue weighted by atomic mass is 32.3. The monoisotopic (exact) mass is 383 g/mol. The Kier molecular flexibility index (Phi) is 9.22. The van der Waals surface area contributed by atoms with Gasteiger partial charge >= 0.3 is 10.4 Å². The molecule has 0 aliphatic carbocycles. The number of sulfonamides is 1. The highest BCUT2D eigenvalue weighted by Crippen LogP contribution is 2.20. The summed E-state index contributed by atoms with van der Waals surface area (Å²) in [5.41, 5.74) is 8.66. The minimum Gasteiger partial charge on any atom is -0.399 e. The lowest BCUT2D eigenvalue weighted by Crippen LogP contribution is -2.35. The van der Waals surface area contributed by atoms with Crippen LogP contribution in [0.1, 0.15) is 19.4 Å². The van der Waals surface area contributed by atoms with Crippen molar-refractivity contribution in [2.75, 3.05) is 36.0 Å². The van der Waals surface area contributed by atoms with E-state index >= 15 is 0 Å². The molecule has 9 nitrogen and oxygen atoms in total. The molecule has 0 fully saturated rings. The largest absolute Gasteiger partial charge is 0.399 e. The summed E-state index contributed by atoms with van der Waals surface area (Å²) in [6, 6.07) is 5.86. The average Bonchev–Trinajstić information content (AvgIpc) is 2.45. The first-order valence-corrected chi connectivity index (χ1v) is 10.2. The maximum absolute atomic E-state index is 11.4. The van der Waals surface area contributed by atoms with E-state index in [0.29, 0.717) is 13.1 Å². The third kappa shape index (κ3) is 10.4. The van der Waals surface area contributed by atoms with Gasteiger partial charge in [0.1, 0.15) is 0 Å². The summed E-state index contributed by atoms with van der Waals surface area (Å²) in [4.78, 5) is 2.12. The standard InChI is InChI=1S/C13H23N3O2S.H2O4S/c1-4-16(9-8-15-19(17,18)5-2)12-6-7-13(14)11(3)10-12;1-5(2,3)4/h6-7,10,15H,4-5,8-9,14H2,1-3H3;(H2,1,2,3,4). The maximum atomic E-state index is 11.4. The van der Waals surface area contributed by atoms with Gasteiger partial charge in [0, 0.05) is 31.0 Å². The smallest absolute Gasteiger partial charge is 0.394 e. The van der Waals surface area contributed by atoms with Gasteiger partial charge in [-0.1, -0.05) is 0 Å². The van der Waals surface area contributed by atoms with E-state index in [1.54, 1.807) is 6.92 Å². The molecule has 0 heterocycles. The molecule has 0 bridgehead atoms. The van der Waals surface area contributed by atoms with Crippen molar-refractivity contribution in [3.8, 4) is 0 Å². The van der Waals surface area contributed by atoms with Crippen LogP contribution in [0, 0.1) is 6.92 Å². The van der Waals surface area contributed by atoms with Crippen molar-refractivity contribution in [2.24, 2.45) is 0 Å². The number of nitrogens with two attached hydrogens (primary N) is 1. The first-order chi connectivity index (χ1) is 10.9. The third-order valence-electron chi connectivity index (χ3n) is 3.08. The van der Waals surface area contributed by atoms with E-state index in [2.05, 4.69) is 9.62 Å². The summed E-state index contributed by atoms with van der Waals surface area (Å²) in [7, 11) is -7.78. The number of anilines is 2. The number of hydrogen-bond donors (Lipinski definition) is 4. The number of rotatable bonds is 7. The Morgan fingerprint density at radius 1 is 1.17 bits per heavy atom. The van der Waals surface area contributed by atoms with Crippen LogP contribution in [0.4, 0.5) is 11.4 Å². The van der Waals surface area contributed by atoms with Crippen LogP contribution in [0.15, 0.2) is 18.2 Å². The van der Waals surface area contributed by atoms with E-state index < -0.39 is 20.4 Å². The van der Waals surface area contributed by atoms with Crippen molar-refractivity contribution in [3.05, 3.63) is 23.8 Å². The summed E-state index contributed by atoms with van der Waals surface area (Å²) < 4.78 is 56.9. The molecule has 0 saturated heterocycles. The van der Waals surface area contributed by atoms with Crippen LogP contribution in [0.2, 0.25) is 0 Å². The molecule has 0 saturated carbocycles. The molecule has 1 aromatic carbocycles. The van der Waals surface area contributed by atoms with Gasteiger partial charge in [-0.05, 0) is 44.5 Å². The van der Waals surface area contributed by atoms with Gasteiger partial charge in [-0.2, -0.15) is 8.42 Å². The van der Waals surface area contributed by atoms with Gasteiger partial charge in [0.15, 0.2) is 0 Å². The van der Waals surface area contributed by atoms with E-state index in [-0.39, 0.29) is 5.75 Å². The quantitative estimate of drug-likeness (QED) is 0.397. The van der Waals surface area contributed by atoms with Crippen LogP contribution < -0.4 is 15.4 Å². The van der Waals surface area contributed by atoms with E-state index in [1.807, 2.05) is 32.0 Å². The number of benzene rings is 1. The first-order valence-electron chi connectivity index (χ1n) is 7.18. The van der Waals surface area contributed by atoms with E-state index in [0.717, 1.165) is 23.5 Å². The fraction of sp³-hybridized carbons (Fsp3) is 0.538. The van der Waals surface area contributed by atoms with Gasteiger partial charge in [-0.3, -0.25) is 9.11 Å². The molecule has 11 heteroatoms. The predicted octanol–water partition coefficient (Wildman–Crippen LogP) is 0.690.